The third-order valence-corrected chi connectivity index (χ3v) is 2.80. The van der Waals surface area contributed by atoms with Crippen LogP contribution < -0.4 is 10.5 Å². The van der Waals surface area contributed by atoms with Crippen LogP contribution in [0.4, 0.5) is 0 Å². The molecule has 19 heavy (non-hydrogen) atoms. The van der Waals surface area contributed by atoms with Gasteiger partial charge in [0.1, 0.15) is 11.4 Å². The average molecular weight is 255 g/mol. The van der Waals surface area contributed by atoms with Gasteiger partial charge in [0.15, 0.2) is 0 Å². The van der Waals surface area contributed by atoms with E-state index >= 15 is 0 Å². The third-order valence-electron chi connectivity index (χ3n) is 2.80. The van der Waals surface area contributed by atoms with E-state index in [4.69, 9.17) is 10.5 Å². The van der Waals surface area contributed by atoms with Gasteiger partial charge in [-0.15, -0.1) is 0 Å². The number of nitrogens with two attached hydrogens (primary N) is 1. The van der Waals surface area contributed by atoms with Crippen LogP contribution in [0.2, 0.25) is 0 Å². The number of hydrogen-bond donors (Lipinski definition) is 1. The van der Waals surface area contributed by atoms with Crippen molar-refractivity contribution in [2.45, 2.75) is 32.9 Å². The lowest BCUT2D eigenvalue weighted by molar-refractivity contribution is 0.132. The second kappa shape index (κ2) is 5.45. The van der Waals surface area contributed by atoms with Gasteiger partial charge >= 0.3 is 0 Å². The molecule has 0 radical (unpaired) electrons. The topological polar surface area (TPSA) is 35.2 Å². The molecule has 0 aromatic heterocycles. The van der Waals surface area contributed by atoms with Crippen LogP contribution >= 0.6 is 0 Å². The third kappa shape index (κ3) is 3.58. The number of rotatable bonds is 3. The summed E-state index contributed by atoms with van der Waals surface area (Å²) >= 11 is 0. The Morgan fingerprint density at radius 3 is 2.16 bits per heavy atom. The number of benzene rings is 2. The molecule has 2 aromatic carbocycles. The van der Waals surface area contributed by atoms with Gasteiger partial charge in [0, 0.05) is 12.1 Å². The Labute approximate surface area is 115 Å². The Morgan fingerprint density at radius 1 is 0.947 bits per heavy atom. The molecule has 2 heteroatoms. The summed E-state index contributed by atoms with van der Waals surface area (Å²) < 4.78 is 6.02. The molecule has 0 aliphatic rings. The zero-order valence-electron chi connectivity index (χ0n) is 11.8. The molecule has 0 saturated carbocycles. The van der Waals surface area contributed by atoms with Gasteiger partial charge < -0.3 is 10.5 Å². The van der Waals surface area contributed by atoms with Crippen molar-refractivity contribution >= 4 is 0 Å². The number of hydrogen-bond acceptors (Lipinski definition) is 2. The minimum absolute atomic E-state index is 0.201. The van der Waals surface area contributed by atoms with Crippen molar-refractivity contribution in [1.82, 2.24) is 0 Å². The summed E-state index contributed by atoms with van der Waals surface area (Å²) in [7, 11) is 0. The summed E-state index contributed by atoms with van der Waals surface area (Å²) in [4.78, 5) is 0. The molecule has 0 aliphatic carbocycles. The van der Waals surface area contributed by atoms with Gasteiger partial charge in [-0.25, -0.2) is 0 Å². The maximum absolute atomic E-state index is 6.02. The molecule has 0 bridgehead atoms. The molecule has 2 rings (SSSR count). The molecule has 0 spiro atoms. The maximum Gasteiger partial charge on any atom is 0.127 e. The summed E-state index contributed by atoms with van der Waals surface area (Å²) in [6.45, 7) is 6.74. The van der Waals surface area contributed by atoms with Crippen LogP contribution in [0.25, 0.3) is 11.1 Å². The predicted octanol–water partition coefficient (Wildman–Crippen LogP) is 3.99. The zero-order chi connectivity index (χ0) is 13.9. The summed E-state index contributed by atoms with van der Waals surface area (Å²) in [6.07, 6.45) is 0. The highest BCUT2D eigenvalue weighted by Gasteiger charge is 2.14. The van der Waals surface area contributed by atoms with Crippen molar-refractivity contribution < 1.29 is 4.74 Å². The highest BCUT2D eigenvalue weighted by atomic mass is 16.5. The standard InChI is InChI=1S/C17H21NO/c1-17(2,3)19-16-7-5-4-6-15(16)14-10-8-13(12-18)9-11-14/h4-11H,12,18H2,1-3H3. The fourth-order valence-electron chi connectivity index (χ4n) is 1.94. The second-order valence-electron chi connectivity index (χ2n) is 5.61. The molecule has 0 atom stereocenters. The molecule has 2 N–H and O–H groups in total. The quantitative estimate of drug-likeness (QED) is 0.900. The first-order chi connectivity index (χ1) is 8.99. The Kier molecular flexibility index (Phi) is 3.91. The van der Waals surface area contributed by atoms with Gasteiger partial charge in [0.05, 0.1) is 0 Å². The predicted molar refractivity (Wildman–Crippen MR) is 80.2 cm³/mol. The fraction of sp³-hybridized carbons (Fsp3) is 0.294. The van der Waals surface area contributed by atoms with E-state index in [1.54, 1.807) is 0 Å². The summed E-state index contributed by atoms with van der Waals surface area (Å²) in [5.74, 6) is 0.912. The van der Waals surface area contributed by atoms with Crippen LogP contribution in [0.15, 0.2) is 48.5 Å². The van der Waals surface area contributed by atoms with E-state index < -0.39 is 0 Å². The summed E-state index contributed by atoms with van der Waals surface area (Å²) in [6, 6.07) is 16.4. The molecular formula is C17H21NO. The van der Waals surface area contributed by atoms with Gasteiger partial charge in [0.25, 0.3) is 0 Å². The highest BCUT2D eigenvalue weighted by molar-refractivity contribution is 5.70. The van der Waals surface area contributed by atoms with Crippen LogP contribution in [0.3, 0.4) is 0 Å². The lowest BCUT2D eigenvalue weighted by Crippen LogP contribution is -2.23. The van der Waals surface area contributed by atoms with Gasteiger partial charge in [-0.1, -0.05) is 42.5 Å². The van der Waals surface area contributed by atoms with E-state index in [1.807, 2.05) is 18.2 Å². The SMILES string of the molecule is CC(C)(C)Oc1ccccc1-c1ccc(CN)cc1. The molecule has 2 aromatic rings. The molecule has 0 aliphatic heterocycles. The van der Waals surface area contributed by atoms with E-state index in [2.05, 4.69) is 51.1 Å². The van der Waals surface area contributed by atoms with Crippen LogP contribution in [-0.2, 0) is 6.54 Å². The molecule has 0 fully saturated rings. The Bertz CT molecular complexity index is 538. The van der Waals surface area contributed by atoms with E-state index in [9.17, 15) is 0 Å². The number of ether oxygens (including phenoxy) is 1. The van der Waals surface area contributed by atoms with E-state index in [-0.39, 0.29) is 5.60 Å². The van der Waals surface area contributed by atoms with Crippen molar-refractivity contribution in [3.05, 3.63) is 54.1 Å². The monoisotopic (exact) mass is 255 g/mol. The molecule has 2 nitrogen and oxygen atoms in total. The van der Waals surface area contributed by atoms with Crippen molar-refractivity contribution in [3.8, 4) is 16.9 Å². The van der Waals surface area contributed by atoms with E-state index in [0.29, 0.717) is 6.54 Å². The molecule has 0 heterocycles. The highest BCUT2D eigenvalue weighted by Crippen LogP contribution is 2.32. The van der Waals surface area contributed by atoms with Gasteiger partial charge in [0.2, 0.25) is 0 Å². The minimum Gasteiger partial charge on any atom is -0.488 e. The van der Waals surface area contributed by atoms with Gasteiger partial charge in [-0.3, -0.25) is 0 Å². The van der Waals surface area contributed by atoms with Crippen LogP contribution in [0, 0.1) is 0 Å². The molecule has 0 unspecified atom stereocenters. The van der Waals surface area contributed by atoms with Crippen molar-refractivity contribution in [2.75, 3.05) is 0 Å². The van der Waals surface area contributed by atoms with Crippen LogP contribution in [0.5, 0.6) is 5.75 Å². The molecule has 0 amide bonds. The lowest BCUT2D eigenvalue weighted by Gasteiger charge is -2.23. The zero-order valence-corrected chi connectivity index (χ0v) is 11.8. The molecular weight excluding hydrogens is 234 g/mol. The molecule has 0 saturated heterocycles. The van der Waals surface area contributed by atoms with Gasteiger partial charge in [-0.2, -0.15) is 0 Å². The van der Waals surface area contributed by atoms with Crippen molar-refractivity contribution in [3.63, 3.8) is 0 Å². The summed E-state index contributed by atoms with van der Waals surface area (Å²) in [5, 5.41) is 0. The Morgan fingerprint density at radius 2 is 1.58 bits per heavy atom. The van der Waals surface area contributed by atoms with E-state index in [0.717, 1.165) is 22.4 Å². The van der Waals surface area contributed by atoms with E-state index in [1.165, 1.54) is 0 Å². The Hall–Kier alpha value is -1.80. The van der Waals surface area contributed by atoms with Crippen molar-refractivity contribution in [1.29, 1.82) is 0 Å². The maximum atomic E-state index is 6.02. The largest absolute Gasteiger partial charge is 0.488 e. The van der Waals surface area contributed by atoms with Crippen LogP contribution in [0.1, 0.15) is 26.3 Å². The minimum atomic E-state index is -0.201. The average Bonchev–Trinajstić information content (AvgIpc) is 2.38. The first-order valence-corrected chi connectivity index (χ1v) is 6.57. The summed E-state index contributed by atoms with van der Waals surface area (Å²) in [5.41, 5.74) is 8.83. The normalized spacial score (nSPS) is 11.4. The van der Waals surface area contributed by atoms with Crippen molar-refractivity contribution in [2.24, 2.45) is 5.73 Å². The smallest absolute Gasteiger partial charge is 0.127 e. The number of para-hydroxylation sites is 1. The fourth-order valence-corrected chi connectivity index (χ4v) is 1.94. The molecule has 100 valence electrons. The lowest BCUT2D eigenvalue weighted by atomic mass is 10.0. The second-order valence-corrected chi connectivity index (χ2v) is 5.61. The Balaban J connectivity index is 2.38. The van der Waals surface area contributed by atoms with Gasteiger partial charge in [-0.05, 0) is 38.0 Å². The first kappa shape index (κ1) is 13.6. The first-order valence-electron chi connectivity index (χ1n) is 6.57. The van der Waals surface area contributed by atoms with Crippen LogP contribution in [-0.4, -0.2) is 5.60 Å².